The molecule has 11 nitrogen and oxygen atoms in total. The van der Waals surface area contributed by atoms with Crippen LogP contribution in [-0.4, -0.2) is 94.6 Å². The van der Waals surface area contributed by atoms with Gasteiger partial charge in [-0.15, -0.1) is 11.3 Å². The molecule has 1 amide bonds. The van der Waals surface area contributed by atoms with Crippen LogP contribution in [0.2, 0.25) is 0 Å². The van der Waals surface area contributed by atoms with Crippen molar-refractivity contribution < 1.29 is 18.5 Å². The molecule has 0 spiro atoms. The molecule has 3 aromatic heterocycles. The van der Waals surface area contributed by atoms with E-state index in [1.54, 1.807) is 23.0 Å². The predicted molar refractivity (Wildman–Crippen MR) is 157 cm³/mol. The largest absolute Gasteiger partial charge is 0.501 e. The van der Waals surface area contributed by atoms with Gasteiger partial charge < -0.3 is 19.5 Å². The van der Waals surface area contributed by atoms with Crippen LogP contribution in [-0.2, 0) is 28.7 Å². The summed E-state index contributed by atoms with van der Waals surface area (Å²) in [5.41, 5.74) is 0.0861. The Morgan fingerprint density at radius 1 is 1.10 bits per heavy atom. The maximum Gasteiger partial charge on any atom is 0.302 e. The Labute approximate surface area is 248 Å². The number of aromatic nitrogens is 4. The highest BCUT2D eigenvalue weighted by atomic mass is 32.2. The summed E-state index contributed by atoms with van der Waals surface area (Å²) in [5, 5.41) is 11.1. The molecule has 2 aliphatic rings. The molecule has 14 heteroatoms. The van der Waals surface area contributed by atoms with Gasteiger partial charge >= 0.3 is 5.56 Å². The van der Waals surface area contributed by atoms with Gasteiger partial charge in [-0.2, -0.15) is 0 Å². The van der Waals surface area contributed by atoms with Crippen LogP contribution in [0.1, 0.15) is 29.7 Å². The lowest BCUT2D eigenvalue weighted by molar-refractivity contribution is -0.132. The van der Waals surface area contributed by atoms with Crippen LogP contribution in [0.5, 0.6) is 5.75 Å². The molecule has 6 rings (SSSR count). The molecule has 222 valence electrons. The Balaban J connectivity index is 1.27. The van der Waals surface area contributed by atoms with Gasteiger partial charge in [-0.05, 0) is 44.0 Å². The van der Waals surface area contributed by atoms with E-state index in [9.17, 15) is 23.3 Å². The van der Waals surface area contributed by atoms with Crippen LogP contribution >= 0.6 is 11.3 Å². The Hall–Kier alpha value is -3.46. The zero-order valence-electron chi connectivity index (χ0n) is 23.2. The highest BCUT2D eigenvalue weighted by Crippen LogP contribution is 2.31. The van der Waals surface area contributed by atoms with Gasteiger partial charge in [-0.1, -0.05) is 6.07 Å². The van der Waals surface area contributed by atoms with Crippen LogP contribution in [0.4, 0.5) is 4.39 Å². The van der Waals surface area contributed by atoms with Gasteiger partial charge in [-0.25, -0.2) is 27.3 Å². The molecule has 0 aliphatic carbocycles. The standard InChI is InChI=1S/C28H32FN7O4S2/c1-32-9-12-35(13-10-32)42(40)22-16-20(29)6-5-19(22)15-21-17-30-26(41-21)24-25(38)27(39)36-14-11-34(28(36)31-24)18-23(37)33-7-3-2-4-8-33/h5-6,11,14,16-17,38H,2-4,7-10,12-13,15,18H2,1H3. The molecular weight excluding hydrogens is 581 g/mol. The lowest BCUT2D eigenvalue weighted by Gasteiger charge is -2.31. The van der Waals surface area contributed by atoms with Crippen molar-refractivity contribution in [2.75, 3.05) is 46.3 Å². The van der Waals surface area contributed by atoms with E-state index in [0.29, 0.717) is 35.0 Å². The van der Waals surface area contributed by atoms with Crippen LogP contribution in [0.25, 0.3) is 16.5 Å². The number of aromatic hydroxyl groups is 1. The number of benzene rings is 1. The highest BCUT2D eigenvalue weighted by Gasteiger charge is 2.25. The third-order valence-electron chi connectivity index (χ3n) is 7.77. The first kappa shape index (κ1) is 28.6. The second kappa shape index (κ2) is 12.0. The quantitative estimate of drug-likeness (QED) is 0.340. The van der Waals surface area contributed by atoms with Gasteiger partial charge in [-0.3, -0.25) is 9.59 Å². The molecule has 4 aromatic rings. The van der Waals surface area contributed by atoms with Crippen LogP contribution in [0, 0.1) is 5.82 Å². The number of fused-ring (bicyclic) bond motifs is 1. The maximum atomic E-state index is 14.2. The third-order valence-corrected chi connectivity index (χ3v) is 10.4. The number of piperazine rings is 1. The SMILES string of the molecule is CN1CCN(S(=O)c2cc(F)ccc2Cc2cnc(-c3nc4n(CC(=O)N5CCCCC5)ccn4c(=O)c3O)s2)CC1. The first-order valence-electron chi connectivity index (χ1n) is 14.0. The first-order chi connectivity index (χ1) is 20.3. The normalized spacial score (nSPS) is 17.6. The average molecular weight is 614 g/mol. The van der Waals surface area contributed by atoms with Crippen molar-refractivity contribution in [3.8, 4) is 16.5 Å². The zero-order chi connectivity index (χ0) is 29.4. The van der Waals surface area contributed by atoms with Gasteiger partial charge in [0.25, 0.3) is 0 Å². The van der Waals surface area contributed by atoms with E-state index in [0.717, 1.165) is 50.3 Å². The van der Waals surface area contributed by atoms with E-state index in [1.807, 2.05) is 16.3 Å². The van der Waals surface area contributed by atoms with E-state index < -0.39 is 28.1 Å². The summed E-state index contributed by atoms with van der Waals surface area (Å²) in [4.78, 5) is 40.1. The summed E-state index contributed by atoms with van der Waals surface area (Å²) >= 11 is 1.24. The van der Waals surface area contributed by atoms with E-state index in [1.165, 1.54) is 34.1 Å². The van der Waals surface area contributed by atoms with E-state index in [2.05, 4.69) is 14.9 Å². The lowest BCUT2D eigenvalue weighted by atomic mass is 10.1. The molecule has 1 N–H and O–H groups in total. The number of halogens is 1. The van der Waals surface area contributed by atoms with Crippen LogP contribution in [0.15, 0.2) is 46.5 Å². The fraction of sp³-hybridized carbons (Fsp3) is 0.429. The van der Waals surface area contributed by atoms with E-state index in [4.69, 9.17) is 0 Å². The Bertz CT molecular complexity index is 1700. The molecule has 0 bridgehead atoms. The minimum atomic E-state index is -1.52. The molecule has 42 heavy (non-hydrogen) atoms. The summed E-state index contributed by atoms with van der Waals surface area (Å²) in [5.74, 6) is -0.798. The van der Waals surface area contributed by atoms with Crippen molar-refractivity contribution in [3.05, 3.63) is 63.4 Å². The number of likely N-dealkylation sites (tertiary alicyclic amines) is 1. The summed E-state index contributed by atoms with van der Waals surface area (Å²) < 4.78 is 32.3. The van der Waals surface area contributed by atoms with Crippen LogP contribution < -0.4 is 5.56 Å². The predicted octanol–water partition coefficient (Wildman–Crippen LogP) is 2.34. The second-order valence-corrected chi connectivity index (χ2v) is 13.3. The fourth-order valence-corrected chi connectivity index (χ4v) is 7.62. The first-order valence-corrected chi connectivity index (χ1v) is 15.9. The van der Waals surface area contributed by atoms with Crippen molar-refractivity contribution in [2.45, 2.75) is 37.1 Å². The van der Waals surface area contributed by atoms with Crippen molar-refractivity contribution in [3.63, 3.8) is 0 Å². The minimum Gasteiger partial charge on any atom is -0.501 e. The molecule has 5 heterocycles. The van der Waals surface area contributed by atoms with Crippen molar-refractivity contribution in [1.82, 2.24) is 33.0 Å². The molecule has 0 saturated carbocycles. The Morgan fingerprint density at radius 3 is 2.62 bits per heavy atom. The van der Waals surface area contributed by atoms with Gasteiger partial charge in [0.15, 0.2) is 5.69 Å². The zero-order valence-corrected chi connectivity index (χ0v) is 24.9. The number of nitrogens with zero attached hydrogens (tertiary/aromatic N) is 7. The molecule has 1 aromatic carbocycles. The van der Waals surface area contributed by atoms with Gasteiger partial charge in [0.1, 0.15) is 28.4 Å². The van der Waals surface area contributed by atoms with Crippen molar-refractivity contribution in [2.24, 2.45) is 0 Å². The Kier molecular flexibility index (Phi) is 8.21. The number of carbonyl (C=O) groups excluding carboxylic acids is 1. The number of hydrogen-bond donors (Lipinski definition) is 1. The highest BCUT2D eigenvalue weighted by molar-refractivity contribution is 7.82. The van der Waals surface area contributed by atoms with Crippen molar-refractivity contribution >= 4 is 34.0 Å². The molecule has 2 aliphatic heterocycles. The molecule has 1 unspecified atom stereocenters. The maximum absolute atomic E-state index is 14.2. The summed E-state index contributed by atoms with van der Waals surface area (Å²) in [7, 11) is 0.498. The summed E-state index contributed by atoms with van der Waals surface area (Å²) in [6, 6.07) is 4.31. The van der Waals surface area contributed by atoms with Gasteiger partial charge in [0.2, 0.25) is 17.4 Å². The van der Waals surface area contributed by atoms with Crippen LogP contribution in [0.3, 0.4) is 0 Å². The van der Waals surface area contributed by atoms with Crippen molar-refractivity contribution in [1.29, 1.82) is 0 Å². The lowest BCUT2D eigenvalue weighted by Crippen LogP contribution is -2.45. The number of likely N-dealkylation sites (N-methyl/N-ethyl adjacent to an activating group) is 1. The minimum absolute atomic E-state index is 0.0296. The molecule has 2 fully saturated rings. The summed E-state index contributed by atoms with van der Waals surface area (Å²) in [6.07, 6.45) is 8.13. The molecule has 2 saturated heterocycles. The monoisotopic (exact) mass is 613 g/mol. The number of carbonyl (C=O) groups is 1. The van der Waals surface area contributed by atoms with Gasteiger partial charge in [0, 0.05) is 69.2 Å². The number of piperidine rings is 1. The smallest absolute Gasteiger partial charge is 0.302 e. The number of rotatable bonds is 7. The molecule has 0 radical (unpaired) electrons. The average Bonchev–Trinajstić information content (AvgIpc) is 3.63. The van der Waals surface area contributed by atoms with E-state index >= 15 is 0 Å². The molecular formula is C28H32FN7O4S2. The second-order valence-electron chi connectivity index (χ2n) is 10.7. The number of imidazole rings is 1. The third kappa shape index (κ3) is 5.76. The van der Waals surface area contributed by atoms with Gasteiger partial charge in [0.05, 0.1) is 4.90 Å². The number of thiazole rings is 1. The summed E-state index contributed by atoms with van der Waals surface area (Å²) in [6.45, 7) is 4.29. The molecule has 1 atom stereocenters. The topological polar surface area (TPSA) is 116 Å². The number of amides is 1. The fourth-order valence-electron chi connectivity index (χ4n) is 5.34. The Morgan fingerprint density at radius 2 is 1.86 bits per heavy atom. The van der Waals surface area contributed by atoms with E-state index in [-0.39, 0.29) is 23.9 Å². The number of hydrogen-bond acceptors (Lipinski definition) is 8.